The maximum absolute atomic E-state index is 11.8. The number of carbonyl (C=O) groups excluding carboxylic acids is 1. The maximum atomic E-state index is 11.8. The summed E-state index contributed by atoms with van der Waals surface area (Å²) < 4.78 is 5.61. The first-order valence-electron chi connectivity index (χ1n) is 5.87. The first-order valence-corrected chi connectivity index (χ1v) is 6.25. The van der Waals surface area contributed by atoms with Crippen molar-refractivity contribution >= 4 is 17.5 Å². The fourth-order valence-corrected chi connectivity index (χ4v) is 1.56. The van der Waals surface area contributed by atoms with Crippen LogP contribution in [0.15, 0.2) is 24.3 Å². The molecule has 0 aromatic heterocycles. The number of para-hydroxylation sites is 1. The first kappa shape index (κ1) is 13.8. The number of hydrogen-bond donors (Lipinski definition) is 1. The van der Waals surface area contributed by atoms with E-state index < -0.39 is 6.10 Å². The highest BCUT2D eigenvalue weighted by Crippen LogP contribution is 2.24. The quantitative estimate of drug-likeness (QED) is 0.849. The first-order chi connectivity index (χ1) is 8.19. The summed E-state index contributed by atoms with van der Waals surface area (Å²) in [5.74, 6) is 0.460. The van der Waals surface area contributed by atoms with Gasteiger partial charge in [0.05, 0.1) is 5.02 Å². The van der Waals surface area contributed by atoms with Gasteiger partial charge in [-0.15, -0.1) is 0 Å². The number of benzene rings is 1. The lowest BCUT2D eigenvalue weighted by atomic mass is 10.2. The fourth-order valence-electron chi connectivity index (χ4n) is 1.38. The SMILES string of the molecule is CCCNC(=O)[C@@H](CC)Oc1ccccc1Cl. The standard InChI is InChI=1S/C13H18ClNO2/c1-3-9-15-13(16)11(4-2)17-12-8-6-5-7-10(12)14/h5-8,11H,3-4,9H2,1-2H3,(H,15,16)/t11-/m1/s1. The molecule has 0 aliphatic heterocycles. The number of amides is 1. The third-order valence-electron chi connectivity index (χ3n) is 2.32. The Morgan fingerprint density at radius 3 is 2.71 bits per heavy atom. The van der Waals surface area contributed by atoms with Crippen LogP contribution in [0.25, 0.3) is 0 Å². The Bertz CT molecular complexity index is 368. The van der Waals surface area contributed by atoms with E-state index in [9.17, 15) is 4.79 Å². The molecule has 0 radical (unpaired) electrons. The summed E-state index contributed by atoms with van der Waals surface area (Å²) in [6.07, 6.45) is 1.04. The predicted octanol–water partition coefficient (Wildman–Crippen LogP) is 3.02. The highest BCUT2D eigenvalue weighted by molar-refractivity contribution is 6.32. The van der Waals surface area contributed by atoms with Crippen LogP contribution in [0.4, 0.5) is 0 Å². The molecule has 0 spiro atoms. The second kappa shape index (κ2) is 7.17. The van der Waals surface area contributed by atoms with Gasteiger partial charge in [0.15, 0.2) is 6.10 Å². The molecule has 1 aromatic carbocycles. The molecule has 4 heteroatoms. The number of ether oxygens (including phenoxy) is 1. The lowest BCUT2D eigenvalue weighted by molar-refractivity contribution is -0.128. The zero-order chi connectivity index (χ0) is 12.7. The number of nitrogens with one attached hydrogen (secondary N) is 1. The smallest absolute Gasteiger partial charge is 0.261 e. The molecule has 1 amide bonds. The van der Waals surface area contributed by atoms with Crippen molar-refractivity contribution < 1.29 is 9.53 Å². The van der Waals surface area contributed by atoms with Crippen LogP contribution in [0.3, 0.4) is 0 Å². The summed E-state index contributed by atoms with van der Waals surface area (Å²) in [5.41, 5.74) is 0. The van der Waals surface area contributed by atoms with E-state index in [0.29, 0.717) is 23.7 Å². The van der Waals surface area contributed by atoms with E-state index in [0.717, 1.165) is 6.42 Å². The van der Waals surface area contributed by atoms with Gasteiger partial charge in [-0.2, -0.15) is 0 Å². The van der Waals surface area contributed by atoms with Crippen LogP contribution >= 0.6 is 11.6 Å². The van der Waals surface area contributed by atoms with Crippen molar-refractivity contribution in [1.82, 2.24) is 5.32 Å². The van der Waals surface area contributed by atoms with E-state index in [2.05, 4.69) is 5.32 Å². The Morgan fingerprint density at radius 2 is 2.12 bits per heavy atom. The van der Waals surface area contributed by atoms with E-state index in [1.807, 2.05) is 26.0 Å². The molecular formula is C13H18ClNO2. The van der Waals surface area contributed by atoms with Gasteiger partial charge < -0.3 is 10.1 Å². The van der Waals surface area contributed by atoms with Crippen LogP contribution in [0, 0.1) is 0 Å². The van der Waals surface area contributed by atoms with Crippen molar-refractivity contribution in [2.24, 2.45) is 0 Å². The molecule has 1 N–H and O–H groups in total. The van der Waals surface area contributed by atoms with Crippen LogP contribution in [0.5, 0.6) is 5.75 Å². The molecule has 0 bridgehead atoms. The molecule has 0 saturated heterocycles. The molecule has 0 aliphatic carbocycles. The van der Waals surface area contributed by atoms with Gasteiger partial charge in [0.1, 0.15) is 5.75 Å². The van der Waals surface area contributed by atoms with Gasteiger partial charge in [0.25, 0.3) is 5.91 Å². The Balaban J connectivity index is 2.63. The van der Waals surface area contributed by atoms with Gasteiger partial charge in [0, 0.05) is 6.54 Å². The average molecular weight is 256 g/mol. The van der Waals surface area contributed by atoms with Crippen molar-refractivity contribution in [3.8, 4) is 5.75 Å². The molecule has 1 atom stereocenters. The highest BCUT2D eigenvalue weighted by Gasteiger charge is 2.18. The topological polar surface area (TPSA) is 38.3 Å². The summed E-state index contributed by atoms with van der Waals surface area (Å²) in [6, 6.07) is 7.16. The zero-order valence-corrected chi connectivity index (χ0v) is 11.0. The van der Waals surface area contributed by atoms with Crippen LogP contribution < -0.4 is 10.1 Å². The van der Waals surface area contributed by atoms with Gasteiger partial charge >= 0.3 is 0 Å². The molecule has 0 aliphatic rings. The maximum Gasteiger partial charge on any atom is 0.261 e. The molecule has 17 heavy (non-hydrogen) atoms. The van der Waals surface area contributed by atoms with E-state index in [1.54, 1.807) is 12.1 Å². The summed E-state index contributed by atoms with van der Waals surface area (Å²) >= 11 is 5.98. The lowest BCUT2D eigenvalue weighted by Crippen LogP contribution is -2.38. The Kier molecular flexibility index (Phi) is 5.84. The minimum absolute atomic E-state index is 0.0886. The van der Waals surface area contributed by atoms with Gasteiger partial charge in [-0.05, 0) is 25.0 Å². The van der Waals surface area contributed by atoms with Crippen LogP contribution in [-0.4, -0.2) is 18.6 Å². The van der Waals surface area contributed by atoms with E-state index in [1.165, 1.54) is 0 Å². The molecule has 0 unspecified atom stereocenters. The number of hydrogen-bond acceptors (Lipinski definition) is 2. The minimum Gasteiger partial charge on any atom is -0.479 e. The normalized spacial score (nSPS) is 11.9. The molecule has 1 rings (SSSR count). The monoisotopic (exact) mass is 255 g/mol. The third kappa shape index (κ3) is 4.27. The number of carbonyl (C=O) groups is 1. The molecule has 0 fully saturated rings. The van der Waals surface area contributed by atoms with Gasteiger partial charge in [-0.1, -0.05) is 37.6 Å². The summed E-state index contributed by atoms with van der Waals surface area (Å²) in [6.45, 7) is 4.59. The molecule has 3 nitrogen and oxygen atoms in total. The van der Waals surface area contributed by atoms with Gasteiger partial charge in [-0.3, -0.25) is 4.79 Å². The second-order valence-electron chi connectivity index (χ2n) is 3.74. The highest BCUT2D eigenvalue weighted by atomic mass is 35.5. The van der Waals surface area contributed by atoms with Crippen molar-refractivity contribution in [3.63, 3.8) is 0 Å². The molecule has 0 saturated carbocycles. The Morgan fingerprint density at radius 1 is 1.41 bits per heavy atom. The molecule has 94 valence electrons. The third-order valence-corrected chi connectivity index (χ3v) is 2.63. The minimum atomic E-state index is -0.485. The van der Waals surface area contributed by atoms with E-state index in [-0.39, 0.29) is 5.91 Å². The fraction of sp³-hybridized carbons (Fsp3) is 0.462. The molecular weight excluding hydrogens is 238 g/mol. The van der Waals surface area contributed by atoms with Crippen molar-refractivity contribution in [3.05, 3.63) is 29.3 Å². The van der Waals surface area contributed by atoms with Crippen molar-refractivity contribution in [2.75, 3.05) is 6.54 Å². The largest absolute Gasteiger partial charge is 0.479 e. The lowest BCUT2D eigenvalue weighted by Gasteiger charge is -2.17. The molecule has 0 heterocycles. The summed E-state index contributed by atoms with van der Waals surface area (Å²) in [7, 11) is 0. The Hall–Kier alpha value is -1.22. The number of halogens is 1. The second-order valence-corrected chi connectivity index (χ2v) is 4.14. The Labute approximate surface area is 107 Å². The predicted molar refractivity (Wildman–Crippen MR) is 69.5 cm³/mol. The summed E-state index contributed by atoms with van der Waals surface area (Å²) in [4.78, 5) is 11.8. The van der Waals surface area contributed by atoms with Gasteiger partial charge in [0.2, 0.25) is 0 Å². The number of rotatable bonds is 6. The van der Waals surface area contributed by atoms with Crippen LogP contribution in [-0.2, 0) is 4.79 Å². The van der Waals surface area contributed by atoms with Gasteiger partial charge in [-0.25, -0.2) is 0 Å². The zero-order valence-electron chi connectivity index (χ0n) is 10.2. The van der Waals surface area contributed by atoms with Crippen molar-refractivity contribution in [2.45, 2.75) is 32.8 Å². The van der Waals surface area contributed by atoms with Crippen LogP contribution in [0.1, 0.15) is 26.7 Å². The van der Waals surface area contributed by atoms with E-state index in [4.69, 9.17) is 16.3 Å². The van der Waals surface area contributed by atoms with Crippen molar-refractivity contribution in [1.29, 1.82) is 0 Å². The molecule has 1 aromatic rings. The van der Waals surface area contributed by atoms with E-state index >= 15 is 0 Å². The summed E-state index contributed by atoms with van der Waals surface area (Å²) in [5, 5.41) is 3.34. The average Bonchev–Trinajstić information content (AvgIpc) is 2.35. The van der Waals surface area contributed by atoms with Crippen LogP contribution in [0.2, 0.25) is 5.02 Å².